The zero-order valence-corrected chi connectivity index (χ0v) is 19.0. The van der Waals surface area contributed by atoms with Crippen molar-refractivity contribution < 1.29 is 18.0 Å². The van der Waals surface area contributed by atoms with E-state index in [4.69, 9.17) is 0 Å². The number of rotatable bonds is 7. The Kier molecular flexibility index (Phi) is 6.85. The third-order valence-electron chi connectivity index (χ3n) is 5.11. The molecule has 4 aromatic carbocycles. The lowest BCUT2D eigenvalue weighted by Gasteiger charge is -2.13. The number of amides is 2. The van der Waals surface area contributed by atoms with Gasteiger partial charge in [-0.3, -0.25) is 9.59 Å². The number of benzene rings is 4. The van der Waals surface area contributed by atoms with Gasteiger partial charge in [0.05, 0.1) is 22.0 Å². The van der Waals surface area contributed by atoms with Crippen molar-refractivity contribution in [3.8, 4) is 0 Å². The Morgan fingerprint density at radius 1 is 0.588 bits per heavy atom. The molecule has 0 aliphatic heterocycles. The first kappa shape index (κ1) is 22.9. The van der Waals surface area contributed by atoms with Crippen molar-refractivity contribution in [2.24, 2.45) is 0 Å². The summed E-state index contributed by atoms with van der Waals surface area (Å²) in [5.74, 6) is -0.933. The van der Waals surface area contributed by atoms with E-state index in [0.29, 0.717) is 28.1 Å². The molecule has 4 aromatic rings. The molecule has 0 radical (unpaired) electrons. The van der Waals surface area contributed by atoms with Crippen LogP contribution < -0.4 is 10.6 Å². The Labute approximate surface area is 198 Å². The highest BCUT2D eigenvalue weighted by Gasteiger charge is 2.17. The molecule has 0 aliphatic carbocycles. The number of carbonyl (C=O) groups is 2. The van der Waals surface area contributed by atoms with Gasteiger partial charge in [-0.05, 0) is 54.1 Å². The predicted molar refractivity (Wildman–Crippen MR) is 133 cm³/mol. The quantitative estimate of drug-likeness (QED) is 0.390. The minimum atomic E-state index is -3.54. The topological polar surface area (TPSA) is 92.3 Å². The molecule has 34 heavy (non-hydrogen) atoms. The highest BCUT2D eigenvalue weighted by atomic mass is 32.2. The fourth-order valence-corrected chi connectivity index (χ4v) is 4.77. The number of para-hydroxylation sites is 2. The maximum atomic E-state index is 12.9. The van der Waals surface area contributed by atoms with E-state index in [9.17, 15) is 18.0 Å². The van der Waals surface area contributed by atoms with Gasteiger partial charge in [0.1, 0.15) is 0 Å². The summed E-state index contributed by atoms with van der Waals surface area (Å²) in [6.45, 7) is 0. The van der Waals surface area contributed by atoms with Crippen LogP contribution in [0, 0.1) is 0 Å². The second-order valence-electron chi connectivity index (χ2n) is 7.59. The molecule has 0 atom stereocenters. The summed E-state index contributed by atoms with van der Waals surface area (Å²) in [4.78, 5) is 25.7. The normalized spacial score (nSPS) is 10.9. The first-order valence-corrected chi connectivity index (χ1v) is 12.2. The molecule has 0 bridgehead atoms. The molecule has 2 N–H and O–H groups in total. The molecule has 0 heterocycles. The summed E-state index contributed by atoms with van der Waals surface area (Å²) in [6, 6.07) is 30.3. The van der Waals surface area contributed by atoms with E-state index in [1.807, 2.05) is 6.07 Å². The van der Waals surface area contributed by atoms with Crippen molar-refractivity contribution in [1.82, 2.24) is 0 Å². The van der Waals surface area contributed by atoms with Crippen LogP contribution in [0.15, 0.2) is 114 Å². The molecule has 0 saturated carbocycles. The molecular formula is C27H22N2O4S. The molecule has 0 aromatic heterocycles. The van der Waals surface area contributed by atoms with Crippen LogP contribution in [0.5, 0.6) is 0 Å². The molecule has 2 amide bonds. The average molecular weight is 471 g/mol. The van der Waals surface area contributed by atoms with E-state index in [1.54, 1.807) is 103 Å². The monoisotopic (exact) mass is 470 g/mol. The van der Waals surface area contributed by atoms with Crippen LogP contribution >= 0.6 is 0 Å². The Morgan fingerprint density at radius 2 is 1.09 bits per heavy atom. The highest BCUT2D eigenvalue weighted by molar-refractivity contribution is 7.90. The maximum absolute atomic E-state index is 12.9. The van der Waals surface area contributed by atoms with Gasteiger partial charge in [-0.2, -0.15) is 0 Å². The number of hydrogen-bond donors (Lipinski definition) is 2. The van der Waals surface area contributed by atoms with Gasteiger partial charge in [-0.1, -0.05) is 60.7 Å². The van der Waals surface area contributed by atoms with E-state index in [0.717, 1.165) is 0 Å². The van der Waals surface area contributed by atoms with Gasteiger partial charge in [0, 0.05) is 11.1 Å². The van der Waals surface area contributed by atoms with Crippen LogP contribution in [0.25, 0.3) is 0 Å². The van der Waals surface area contributed by atoms with Gasteiger partial charge in [0.15, 0.2) is 9.84 Å². The van der Waals surface area contributed by atoms with E-state index in [-0.39, 0.29) is 16.6 Å². The largest absolute Gasteiger partial charge is 0.320 e. The van der Waals surface area contributed by atoms with Crippen molar-refractivity contribution in [2.45, 2.75) is 10.6 Å². The van der Waals surface area contributed by atoms with Gasteiger partial charge in [0.2, 0.25) is 0 Å². The molecule has 0 spiro atoms. The SMILES string of the molecule is O=C(Nc1ccccc1NC(=O)c1cccc(CS(=O)(=O)c2ccccc2)c1)c1ccccc1. The molecule has 4 rings (SSSR count). The van der Waals surface area contributed by atoms with Gasteiger partial charge in [-0.15, -0.1) is 0 Å². The zero-order valence-electron chi connectivity index (χ0n) is 18.1. The first-order valence-electron chi connectivity index (χ1n) is 10.6. The van der Waals surface area contributed by atoms with Crippen molar-refractivity contribution >= 4 is 33.0 Å². The summed E-state index contributed by atoms with van der Waals surface area (Å²) < 4.78 is 25.4. The molecule has 0 fully saturated rings. The third-order valence-corrected chi connectivity index (χ3v) is 6.81. The molecule has 0 saturated heterocycles. The van der Waals surface area contributed by atoms with Crippen LogP contribution in [0.3, 0.4) is 0 Å². The molecular weight excluding hydrogens is 448 g/mol. The first-order chi connectivity index (χ1) is 16.4. The number of anilines is 2. The van der Waals surface area contributed by atoms with E-state index in [2.05, 4.69) is 10.6 Å². The van der Waals surface area contributed by atoms with Crippen LogP contribution in [0.1, 0.15) is 26.3 Å². The van der Waals surface area contributed by atoms with Crippen LogP contribution in [-0.4, -0.2) is 20.2 Å². The van der Waals surface area contributed by atoms with Crippen molar-refractivity contribution in [2.75, 3.05) is 10.6 Å². The highest BCUT2D eigenvalue weighted by Crippen LogP contribution is 2.23. The third kappa shape index (κ3) is 5.57. The van der Waals surface area contributed by atoms with Crippen molar-refractivity contribution in [3.05, 3.63) is 126 Å². The Bertz CT molecular complexity index is 1420. The van der Waals surface area contributed by atoms with Crippen LogP contribution in [0.2, 0.25) is 0 Å². The smallest absolute Gasteiger partial charge is 0.255 e. The Morgan fingerprint density at radius 3 is 1.71 bits per heavy atom. The van der Waals surface area contributed by atoms with Gasteiger partial charge in [0.25, 0.3) is 11.8 Å². The lowest BCUT2D eigenvalue weighted by molar-refractivity contribution is 0.101. The van der Waals surface area contributed by atoms with E-state index < -0.39 is 15.7 Å². The summed E-state index contributed by atoms with van der Waals surface area (Å²) in [5.41, 5.74) is 2.19. The molecule has 170 valence electrons. The van der Waals surface area contributed by atoms with Crippen molar-refractivity contribution in [1.29, 1.82) is 0 Å². The number of carbonyl (C=O) groups excluding carboxylic acids is 2. The fourth-order valence-electron chi connectivity index (χ4n) is 3.41. The number of sulfone groups is 1. The summed E-state index contributed by atoms with van der Waals surface area (Å²) >= 11 is 0. The summed E-state index contributed by atoms with van der Waals surface area (Å²) in [7, 11) is -3.54. The maximum Gasteiger partial charge on any atom is 0.255 e. The van der Waals surface area contributed by atoms with Gasteiger partial charge < -0.3 is 10.6 Å². The van der Waals surface area contributed by atoms with Crippen LogP contribution in [-0.2, 0) is 15.6 Å². The second-order valence-corrected chi connectivity index (χ2v) is 9.58. The van der Waals surface area contributed by atoms with Crippen LogP contribution in [0.4, 0.5) is 11.4 Å². The minimum absolute atomic E-state index is 0.220. The lowest BCUT2D eigenvalue weighted by atomic mass is 10.1. The Balaban J connectivity index is 1.50. The zero-order chi connectivity index (χ0) is 24.0. The standard InChI is InChI=1S/C27H22N2O4S/c30-26(21-11-3-1-4-12-21)28-24-16-7-8-17-25(24)29-27(31)22-13-9-10-20(18-22)19-34(32,33)23-14-5-2-6-15-23/h1-18H,19H2,(H,28,30)(H,29,31). The Hall–Kier alpha value is -4.23. The molecule has 0 aliphatic rings. The molecule has 7 heteroatoms. The van der Waals surface area contributed by atoms with Gasteiger partial charge >= 0.3 is 0 Å². The minimum Gasteiger partial charge on any atom is -0.320 e. The number of nitrogens with one attached hydrogen (secondary N) is 2. The summed E-state index contributed by atoms with van der Waals surface area (Å²) in [6.07, 6.45) is 0. The van der Waals surface area contributed by atoms with E-state index >= 15 is 0 Å². The van der Waals surface area contributed by atoms with E-state index in [1.165, 1.54) is 0 Å². The lowest BCUT2D eigenvalue weighted by Crippen LogP contribution is -2.17. The second kappa shape index (κ2) is 10.1. The van der Waals surface area contributed by atoms with Crippen molar-refractivity contribution in [3.63, 3.8) is 0 Å². The summed E-state index contributed by atoms with van der Waals surface area (Å²) in [5, 5.41) is 5.61. The average Bonchev–Trinajstić information content (AvgIpc) is 2.86. The van der Waals surface area contributed by atoms with Gasteiger partial charge in [-0.25, -0.2) is 8.42 Å². The number of hydrogen-bond acceptors (Lipinski definition) is 4. The molecule has 0 unspecified atom stereocenters. The predicted octanol–water partition coefficient (Wildman–Crippen LogP) is 5.17. The fraction of sp³-hybridized carbons (Fsp3) is 0.0370. The molecule has 6 nitrogen and oxygen atoms in total.